The summed E-state index contributed by atoms with van der Waals surface area (Å²) >= 11 is 0. The van der Waals surface area contributed by atoms with Gasteiger partial charge in [0, 0.05) is 30.8 Å². The maximum Gasteiger partial charge on any atom is 0.225 e. The third-order valence-corrected chi connectivity index (χ3v) is 5.76. The quantitative estimate of drug-likeness (QED) is 0.379. The number of methoxy groups -OCH3 is 2. The van der Waals surface area contributed by atoms with Gasteiger partial charge in [-0.05, 0) is 44.1 Å². The van der Waals surface area contributed by atoms with E-state index in [4.69, 9.17) is 13.9 Å². The largest absolute Gasteiger partial charge is 0.496 e. The van der Waals surface area contributed by atoms with Crippen LogP contribution >= 0.6 is 0 Å². The van der Waals surface area contributed by atoms with Crippen LogP contribution in [0.2, 0.25) is 0 Å². The van der Waals surface area contributed by atoms with Gasteiger partial charge in [0.1, 0.15) is 28.1 Å². The molecule has 1 aromatic heterocycles. The van der Waals surface area contributed by atoms with Crippen molar-refractivity contribution >= 4 is 33.5 Å². The van der Waals surface area contributed by atoms with Crippen molar-refractivity contribution in [3.8, 4) is 11.5 Å². The van der Waals surface area contributed by atoms with E-state index in [0.29, 0.717) is 45.5 Å². The molecule has 0 aliphatic carbocycles. The average molecular weight is 455 g/mol. The second kappa shape index (κ2) is 11.7. The lowest BCUT2D eigenvalue weighted by Gasteiger charge is -2.21. The lowest BCUT2D eigenvalue weighted by Crippen LogP contribution is -2.30. The Bertz CT molecular complexity index is 1150. The monoisotopic (exact) mass is 454 g/mol. The number of anilines is 1. The van der Waals surface area contributed by atoms with Gasteiger partial charge >= 0.3 is 0 Å². The van der Waals surface area contributed by atoms with Crippen molar-refractivity contribution in [2.45, 2.75) is 46.0 Å². The highest BCUT2D eigenvalue weighted by molar-refractivity contribution is 5.97. The van der Waals surface area contributed by atoms with Gasteiger partial charge in [0.15, 0.2) is 0 Å². The molecule has 0 radical (unpaired) electrons. The third-order valence-electron chi connectivity index (χ3n) is 5.76. The normalized spacial score (nSPS) is 11.3. The first-order chi connectivity index (χ1) is 16.0. The molecule has 3 aromatic rings. The van der Waals surface area contributed by atoms with E-state index in [-0.39, 0.29) is 11.3 Å². The van der Waals surface area contributed by atoms with E-state index in [2.05, 4.69) is 24.1 Å². The van der Waals surface area contributed by atoms with Crippen LogP contribution < -0.4 is 20.2 Å². The van der Waals surface area contributed by atoms with E-state index in [1.807, 2.05) is 0 Å². The molecule has 33 heavy (non-hydrogen) atoms. The van der Waals surface area contributed by atoms with E-state index in [1.165, 1.54) is 7.11 Å². The lowest BCUT2D eigenvalue weighted by molar-refractivity contribution is -0.116. The third kappa shape index (κ3) is 6.05. The van der Waals surface area contributed by atoms with Crippen LogP contribution in [-0.4, -0.2) is 44.7 Å². The number of unbranched alkanes of at least 4 members (excludes halogenated alkanes) is 2. The molecule has 7 heteroatoms. The average Bonchev–Trinajstić information content (AvgIpc) is 2.83. The second-order valence-corrected chi connectivity index (χ2v) is 8.19. The topological polar surface area (TPSA) is 81.0 Å². The fourth-order valence-corrected chi connectivity index (χ4v) is 3.86. The molecule has 0 saturated carbocycles. The zero-order valence-electron chi connectivity index (χ0n) is 20.0. The standard InChI is InChI=1S/C26H34N2O5/c1-5-7-12-28(13-8-6-2)14-11-24(29)27-18-9-10-21-20(15-18)26(30)25-22(32-4)16-19(31-3)17-23(25)33-21/h9-10,15-17H,5-8,11-14H2,1-4H3,(H,27,29). The van der Waals surface area contributed by atoms with Crippen LogP contribution in [0.5, 0.6) is 11.5 Å². The Hall–Kier alpha value is -3.06. The number of nitrogens with zero attached hydrogens (tertiary/aromatic N) is 1. The van der Waals surface area contributed by atoms with Crippen LogP contribution in [0.25, 0.3) is 21.9 Å². The molecular formula is C26H34N2O5. The SMILES string of the molecule is CCCCN(CCCC)CCC(=O)Nc1ccc2oc3cc(OC)cc(OC)c3c(=O)c2c1. The van der Waals surface area contributed by atoms with E-state index >= 15 is 0 Å². The summed E-state index contributed by atoms with van der Waals surface area (Å²) in [5, 5.41) is 3.66. The van der Waals surface area contributed by atoms with Crippen molar-refractivity contribution in [3.63, 3.8) is 0 Å². The number of hydrogen-bond donors (Lipinski definition) is 1. The molecule has 0 aliphatic rings. The number of rotatable bonds is 12. The first-order valence-electron chi connectivity index (χ1n) is 11.7. The number of benzene rings is 2. The second-order valence-electron chi connectivity index (χ2n) is 8.19. The van der Waals surface area contributed by atoms with E-state index in [9.17, 15) is 9.59 Å². The lowest BCUT2D eigenvalue weighted by atomic mass is 10.1. The molecule has 0 aliphatic heterocycles. The summed E-state index contributed by atoms with van der Waals surface area (Å²) in [5.41, 5.74) is 1.18. The Morgan fingerprint density at radius 1 is 0.970 bits per heavy atom. The number of fused-ring (bicyclic) bond motifs is 2. The Balaban J connectivity index is 1.80. The van der Waals surface area contributed by atoms with Gasteiger partial charge < -0.3 is 24.1 Å². The summed E-state index contributed by atoms with van der Waals surface area (Å²) < 4.78 is 16.6. The predicted octanol–water partition coefficient (Wildman–Crippen LogP) is 5.19. The van der Waals surface area contributed by atoms with E-state index in [1.54, 1.807) is 37.4 Å². The zero-order chi connectivity index (χ0) is 23.8. The first-order valence-corrected chi connectivity index (χ1v) is 11.7. The van der Waals surface area contributed by atoms with Gasteiger partial charge in [-0.15, -0.1) is 0 Å². The molecule has 7 nitrogen and oxygen atoms in total. The predicted molar refractivity (Wildman–Crippen MR) is 133 cm³/mol. The van der Waals surface area contributed by atoms with E-state index in [0.717, 1.165) is 45.3 Å². The number of hydrogen-bond acceptors (Lipinski definition) is 6. The highest BCUT2D eigenvalue weighted by Gasteiger charge is 2.15. The first kappa shape index (κ1) is 24.6. The van der Waals surface area contributed by atoms with Crippen LogP contribution in [0.1, 0.15) is 46.0 Å². The van der Waals surface area contributed by atoms with Crippen LogP contribution in [0.15, 0.2) is 39.5 Å². The zero-order valence-corrected chi connectivity index (χ0v) is 20.0. The van der Waals surface area contributed by atoms with Crippen LogP contribution in [0, 0.1) is 0 Å². The minimum absolute atomic E-state index is 0.0696. The molecule has 0 bridgehead atoms. The fraction of sp³-hybridized carbons (Fsp3) is 0.462. The van der Waals surface area contributed by atoms with Crippen molar-refractivity contribution in [2.75, 3.05) is 39.2 Å². The molecule has 0 fully saturated rings. The molecule has 178 valence electrons. The molecule has 2 aromatic carbocycles. The molecule has 1 N–H and O–H groups in total. The molecule has 0 spiro atoms. The Morgan fingerprint density at radius 3 is 2.33 bits per heavy atom. The van der Waals surface area contributed by atoms with Crippen LogP contribution in [-0.2, 0) is 4.79 Å². The number of carbonyl (C=O) groups is 1. The van der Waals surface area contributed by atoms with Crippen LogP contribution in [0.3, 0.4) is 0 Å². The summed E-state index contributed by atoms with van der Waals surface area (Å²) in [6.45, 7) is 7.11. The van der Waals surface area contributed by atoms with Gasteiger partial charge in [0.25, 0.3) is 0 Å². The van der Waals surface area contributed by atoms with Crippen molar-refractivity contribution in [1.82, 2.24) is 4.90 Å². The molecule has 1 heterocycles. The maximum atomic E-state index is 13.2. The number of ether oxygens (including phenoxy) is 2. The summed E-state index contributed by atoms with van der Waals surface area (Å²) in [5.74, 6) is 0.853. The minimum Gasteiger partial charge on any atom is -0.496 e. The summed E-state index contributed by atoms with van der Waals surface area (Å²) in [6, 6.07) is 8.43. The van der Waals surface area contributed by atoms with Gasteiger partial charge in [0.05, 0.1) is 19.6 Å². The van der Waals surface area contributed by atoms with Crippen molar-refractivity contribution in [1.29, 1.82) is 0 Å². The van der Waals surface area contributed by atoms with Crippen molar-refractivity contribution in [2.24, 2.45) is 0 Å². The molecule has 3 rings (SSSR count). The van der Waals surface area contributed by atoms with Crippen molar-refractivity contribution < 1.29 is 18.7 Å². The van der Waals surface area contributed by atoms with Gasteiger partial charge in [-0.2, -0.15) is 0 Å². The van der Waals surface area contributed by atoms with E-state index < -0.39 is 0 Å². The minimum atomic E-state index is -0.216. The molecule has 0 saturated heterocycles. The molecule has 1 amide bonds. The Morgan fingerprint density at radius 2 is 1.70 bits per heavy atom. The van der Waals surface area contributed by atoms with Crippen LogP contribution in [0.4, 0.5) is 5.69 Å². The van der Waals surface area contributed by atoms with Gasteiger partial charge in [-0.25, -0.2) is 0 Å². The fourth-order valence-electron chi connectivity index (χ4n) is 3.86. The maximum absolute atomic E-state index is 13.2. The smallest absolute Gasteiger partial charge is 0.225 e. The van der Waals surface area contributed by atoms with Gasteiger partial charge in [0.2, 0.25) is 11.3 Å². The highest BCUT2D eigenvalue weighted by Crippen LogP contribution is 2.31. The number of carbonyl (C=O) groups excluding carboxylic acids is 1. The number of amides is 1. The number of nitrogens with one attached hydrogen (secondary N) is 1. The highest BCUT2D eigenvalue weighted by atomic mass is 16.5. The van der Waals surface area contributed by atoms with Crippen molar-refractivity contribution in [3.05, 3.63) is 40.6 Å². The summed E-state index contributed by atoms with van der Waals surface area (Å²) in [6.07, 6.45) is 4.96. The Labute approximate surface area is 194 Å². The van der Waals surface area contributed by atoms with Gasteiger partial charge in [-0.3, -0.25) is 9.59 Å². The molecule has 0 unspecified atom stereocenters. The summed E-state index contributed by atoms with van der Waals surface area (Å²) in [4.78, 5) is 28.2. The summed E-state index contributed by atoms with van der Waals surface area (Å²) in [7, 11) is 3.04. The Kier molecular flexibility index (Phi) is 8.72. The van der Waals surface area contributed by atoms with Gasteiger partial charge in [-0.1, -0.05) is 26.7 Å². The molecular weight excluding hydrogens is 420 g/mol. The molecule has 0 atom stereocenters.